The van der Waals surface area contributed by atoms with Gasteiger partial charge < -0.3 is 10.6 Å². The minimum atomic E-state index is -1.18. The number of guanidine groups is 1. The number of nitrogens with two attached hydrogens (primary N) is 1. The summed E-state index contributed by atoms with van der Waals surface area (Å²) in [6, 6.07) is 11.1. The smallest absolute Gasteiger partial charge is 0.365 e. The first-order valence-corrected chi connectivity index (χ1v) is 11.0. The first-order valence-electron chi connectivity index (χ1n) is 10.2. The summed E-state index contributed by atoms with van der Waals surface area (Å²) in [7, 11) is 2.83. The number of hydrazone groups is 1. The van der Waals surface area contributed by atoms with E-state index < -0.39 is 22.5 Å². The molecule has 12 heteroatoms. The van der Waals surface area contributed by atoms with Crippen molar-refractivity contribution in [3.05, 3.63) is 71.3 Å². The number of thioether (sulfide) groups is 1. The van der Waals surface area contributed by atoms with Crippen LogP contribution in [0.5, 0.6) is 0 Å². The third kappa shape index (κ3) is 5.11. The standard InChI is InChI=1S/C22H23F2N7O2S/c1-29(20(26)27-14-25)12-6-11-22(15-7-4-3-5-8-15)31(21(32)30(2)33)28-19(34-22)17-13-16(23)9-10-18(17)24/h3-5,7-10,13,33H,6,11-12H2,1-2H3,(H2,26,27). The SMILES string of the molecule is CN(O)C(=O)N1N=C(c2cc(F)ccc2F)SC1(CCCN(C)C(N)=NC#N)c1ccccc1. The van der Waals surface area contributed by atoms with Crippen LogP contribution in [0.4, 0.5) is 13.6 Å². The van der Waals surface area contributed by atoms with E-state index in [1.165, 1.54) is 0 Å². The van der Waals surface area contributed by atoms with E-state index >= 15 is 0 Å². The van der Waals surface area contributed by atoms with Gasteiger partial charge in [-0.15, -0.1) is 4.99 Å². The molecule has 0 bridgehead atoms. The minimum Gasteiger partial charge on any atom is -0.369 e. The van der Waals surface area contributed by atoms with Gasteiger partial charge in [0.1, 0.15) is 21.5 Å². The molecule has 0 aliphatic carbocycles. The van der Waals surface area contributed by atoms with Gasteiger partial charge in [0.05, 0.1) is 0 Å². The Hall–Kier alpha value is -3.69. The maximum Gasteiger partial charge on any atom is 0.365 e. The summed E-state index contributed by atoms with van der Waals surface area (Å²) >= 11 is 1.09. The maximum atomic E-state index is 14.6. The van der Waals surface area contributed by atoms with Gasteiger partial charge in [0.15, 0.2) is 0 Å². The fourth-order valence-electron chi connectivity index (χ4n) is 3.49. The molecule has 2 amide bonds. The quantitative estimate of drug-likeness (QED) is 0.212. The zero-order valence-corrected chi connectivity index (χ0v) is 19.3. The lowest BCUT2D eigenvalue weighted by molar-refractivity contribution is -0.0404. The van der Waals surface area contributed by atoms with Crippen LogP contribution in [0.25, 0.3) is 0 Å². The van der Waals surface area contributed by atoms with Gasteiger partial charge in [-0.05, 0) is 36.6 Å². The van der Waals surface area contributed by atoms with Crippen LogP contribution in [-0.2, 0) is 4.87 Å². The Balaban J connectivity index is 2.04. The van der Waals surface area contributed by atoms with Crippen molar-refractivity contribution in [2.75, 3.05) is 20.6 Å². The lowest BCUT2D eigenvalue weighted by Gasteiger charge is -2.37. The molecule has 9 nitrogen and oxygen atoms in total. The van der Waals surface area contributed by atoms with Gasteiger partial charge in [0, 0.05) is 26.2 Å². The number of nitrogens with zero attached hydrogens (tertiary/aromatic N) is 6. The van der Waals surface area contributed by atoms with Crippen LogP contribution in [0.2, 0.25) is 0 Å². The van der Waals surface area contributed by atoms with Gasteiger partial charge in [-0.3, -0.25) is 5.21 Å². The second kappa shape index (κ2) is 10.5. The highest BCUT2D eigenvalue weighted by Crippen LogP contribution is 2.50. The number of carbonyl (C=O) groups is 1. The predicted molar refractivity (Wildman–Crippen MR) is 124 cm³/mol. The van der Waals surface area contributed by atoms with Gasteiger partial charge >= 0.3 is 6.03 Å². The van der Waals surface area contributed by atoms with Gasteiger partial charge in [0.25, 0.3) is 0 Å². The van der Waals surface area contributed by atoms with E-state index in [0.717, 1.165) is 42.0 Å². The number of urea groups is 1. The summed E-state index contributed by atoms with van der Waals surface area (Å²) in [6.45, 7) is 0.382. The number of halogens is 2. The lowest BCUT2D eigenvalue weighted by Crippen LogP contribution is -2.46. The monoisotopic (exact) mass is 487 g/mol. The Kier molecular flexibility index (Phi) is 7.70. The van der Waals surface area contributed by atoms with E-state index in [4.69, 9.17) is 11.0 Å². The molecule has 178 valence electrons. The summed E-state index contributed by atoms with van der Waals surface area (Å²) < 4.78 is 28.5. The average molecular weight is 488 g/mol. The Morgan fingerprint density at radius 1 is 1.29 bits per heavy atom. The Morgan fingerprint density at radius 2 is 2.00 bits per heavy atom. The molecule has 1 heterocycles. The van der Waals surface area contributed by atoms with E-state index in [0.29, 0.717) is 30.0 Å². The number of hydrogen-bond acceptors (Lipinski definition) is 6. The third-order valence-corrected chi connectivity index (χ3v) is 6.65. The molecule has 0 radical (unpaired) electrons. The molecular formula is C22H23F2N7O2S. The summed E-state index contributed by atoms with van der Waals surface area (Å²) in [4.78, 5) is 16.9. The first-order chi connectivity index (χ1) is 16.2. The van der Waals surface area contributed by atoms with Crippen molar-refractivity contribution in [1.29, 1.82) is 5.26 Å². The minimum absolute atomic E-state index is 0.0390. The molecule has 1 aliphatic heterocycles. The van der Waals surface area contributed by atoms with Crippen LogP contribution in [0.15, 0.2) is 58.6 Å². The number of nitriles is 1. The summed E-state index contributed by atoms with van der Waals surface area (Å²) in [5.74, 6) is -1.30. The number of carbonyl (C=O) groups excluding carboxylic acids is 1. The first kappa shape index (κ1) is 24.9. The number of amides is 2. The van der Waals surface area contributed by atoms with Crippen LogP contribution < -0.4 is 5.73 Å². The average Bonchev–Trinajstić information content (AvgIpc) is 3.21. The van der Waals surface area contributed by atoms with Crippen LogP contribution in [-0.4, -0.2) is 57.9 Å². The topological polar surface area (TPSA) is 122 Å². The van der Waals surface area contributed by atoms with E-state index in [1.807, 2.05) is 6.07 Å². The van der Waals surface area contributed by atoms with Crippen LogP contribution >= 0.6 is 11.8 Å². The third-order valence-electron chi connectivity index (χ3n) is 5.20. The number of rotatable bonds is 6. The molecule has 0 aromatic heterocycles. The van der Waals surface area contributed by atoms with E-state index in [-0.39, 0.29) is 16.6 Å². The molecule has 2 aromatic carbocycles. The zero-order valence-electron chi connectivity index (χ0n) is 18.5. The molecule has 2 aromatic rings. The van der Waals surface area contributed by atoms with Gasteiger partial charge in [-0.2, -0.15) is 15.4 Å². The molecule has 3 rings (SSSR count). The molecule has 1 unspecified atom stereocenters. The Bertz CT molecular complexity index is 1150. The van der Waals surface area contributed by atoms with Crippen molar-refractivity contribution >= 4 is 28.8 Å². The molecule has 0 spiro atoms. The largest absolute Gasteiger partial charge is 0.369 e. The maximum absolute atomic E-state index is 14.6. The predicted octanol–water partition coefficient (Wildman–Crippen LogP) is 3.48. The molecule has 0 saturated carbocycles. The normalized spacial score (nSPS) is 17.8. The molecular weight excluding hydrogens is 464 g/mol. The van der Waals surface area contributed by atoms with Crippen molar-refractivity contribution in [1.82, 2.24) is 15.0 Å². The summed E-state index contributed by atoms with van der Waals surface area (Å²) in [6.07, 6.45) is 2.38. The molecule has 34 heavy (non-hydrogen) atoms. The molecule has 0 fully saturated rings. The number of hydrogen-bond donors (Lipinski definition) is 2. The fraction of sp³-hybridized carbons (Fsp3) is 0.273. The summed E-state index contributed by atoms with van der Waals surface area (Å²) in [5, 5.41) is 24.5. The van der Waals surface area contributed by atoms with Gasteiger partial charge in [-0.25, -0.2) is 18.6 Å². The van der Waals surface area contributed by atoms with Crippen LogP contribution in [0.1, 0.15) is 24.0 Å². The molecule has 3 N–H and O–H groups in total. The summed E-state index contributed by atoms with van der Waals surface area (Å²) in [5.41, 5.74) is 6.33. The van der Waals surface area contributed by atoms with Crippen molar-refractivity contribution < 1.29 is 18.8 Å². The highest BCUT2D eigenvalue weighted by Gasteiger charge is 2.49. The number of hydroxylamine groups is 2. The Morgan fingerprint density at radius 3 is 2.65 bits per heavy atom. The number of benzene rings is 2. The van der Waals surface area contributed by atoms with E-state index in [1.54, 1.807) is 42.4 Å². The molecule has 1 atom stereocenters. The lowest BCUT2D eigenvalue weighted by atomic mass is 10.0. The van der Waals surface area contributed by atoms with Crippen molar-refractivity contribution in [2.24, 2.45) is 15.8 Å². The van der Waals surface area contributed by atoms with E-state index in [9.17, 15) is 18.8 Å². The van der Waals surface area contributed by atoms with E-state index in [2.05, 4.69) is 10.1 Å². The fourth-order valence-corrected chi connectivity index (χ4v) is 4.90. The van der Waals surface area contributed by atoms with Gasteiger partial charge in [-0.1, -0.05) is 42.1 Å². The molecule has 0 saturated heterocycles. The highest BCUT2D eigenvalue weighted by molar-refractivity contribution is 8.15. The van der Waals surface area contributed by atoms with Crippen molar-refractivity contribution in [3.63, 3.8) is 0 Å². The number of aliphatic imine (C=N–C) groups is 1. The van der Waals surface area contributed by atoms with Crippen molar-refractivity contribution in [3.8, 4) is 6.19 Å². The van der Waals surface area contributed by atoms with Crippen molar-refractivity contribution in [2.45, 2.75) is 17.7 Å². The van der Waals surface area contributed by atoms with Gasteiger partial charge in [0.2, 0.25) is 12.2 Å². The molecule has 1 aliphatic rings. The van der Waals surface area contributed by atoms with Crippen LogP contribution in [0, 0.1) is 23.1 Å². The Labute approximate surface area is 199 Å². The van der Waals surface area contributed by atoms with Crippen LogP contribution in [0.3, 0.4) is 0 Å². The second-order valence-corrected chi connectivity index (χ2v) is 8.76. The second-order valence-electron chi connectivity index (χ2n) is 7.49. The highest BCUT2D eigenvalue weighted by atomic mass is 32.2. The zero-order chi connectivity index (χ0) is 24.9.